The average molecular weight is 293 g/mol. The second-order valence-corrected chi connectivity index (χ2v) is 5.34. The van der Waals surface area contributed by atoms with Crippen LogP contribution in [-0.2, 0) is 11.3 Å². The molecule has 0 aliphatic carbocycles. The van der Waals surface area contributed by atoms with Gasteiger partial charge >= 0.3 is 0 Å². The summed E-state index contributed by atoms with van der Waals surface area (Å²) < 4.78 is 1.85. The number of benzene rings is 2. The highest BCUT2D eigenvalue weighted by atomic mass is 16.1. The Morgan fingerprint density at radius 3 is 2.82 bits per heavy atom. The molecule has 0 aliphatic rings. The fourth-order valence-electron chi connectivity index (χ4n) is 2.55. The van der Waals surface area contributed by atoms with E-state index in [9.17, 15) is 4.79 Å². The van der Waals surface area contributed by atoms with Crippen LogP contribution >= 0.6 is 0 Å². The summed E-state index contributed by atoms with van der Waals surface area (Å²) in [6.45, 7) is 2.67. The lowest BCUT2D eigenvalue weighted by atomic mass is 10.0. The standard InChI is InChI=1S/C18H19N3O/c1-2-6-18(22)19-17-11-12-21(20-17)13-15-9-5-8-14-7-3-4-10-16(14)15/h3-5,7-12H,2,6,13H2,1H3,(H,19,20,22). The highest BCUT2D eigenvalue weighted by Crippen LogP contribution is 2.19. The number of carbonyl (C=O) groups is 1. The molecule has 0 unspecified atom stereocenters. The van der Waals surface area contributed by atoms with Crippen LogP contribution in [-0.4, -0.2) is 15.7 Å². The third kappa shape index (κ3) is 3.17. The maximum atomic E-state index is 11.6. The predicted octanol–water partition coefficient (Wildman–Crippen LogP) is 3.82. The predicted molar refractivity (Wildman–Crippen MR) is 88.8 cm³/mol. The van der Waals surface area contributed by atoms with Gasteiger partial charge < -0.3 is 5.32 Å². The maximum Gasteiger partial charge on any atom is 0.225 e. The van der Waals surface area contributed by atoms with Gasteiger partial charge in [0.1, 0.15) is 0 Å². The average Bonchev–Trinajstić information content (AvgIpc) is 2.95. The van der Waals surface area contributed by atoms with E-state index in [1.807, 2.05) is 36.0 Å². The first-order chi connectivity index (χ1) is 10.8. The summed E-state index contributed by atoms with van der Waals surface area (Å²) in [5.74, 6) is 0.622. The quantitative estimate of drug-likeness (QED) is 0.777. The minimum atomic E-state index is 0.0120. The summed E-state index contributed by atoms with van der Waals surface area (Å²) in [5, 5.41) is 9.69. The first-order valence-corrected chi connectivity index (χ1v) is 7.56. The lowest BCUT2D eigenvalue weighted by Gasteiger charge is -2.07. The minimum Gasteiger partial charge on any atom is -0.309 e. The van der Waals surface area contributed by atoms with Crippen LogP contribution in [0.1, 0.15) is 25.3 Å². The molecule has 0 fully saturated rings. The van der Waals surface area contributed by atoms with Crippen molar-refractivity contribution < 1.29 is 4.79 Å². The van der Waals surface area contributed by atoms with E-state index in [0.717, 1.165) is 6.42 Å². The molecule has 112 valence electrons. The van der Waals surface area contributed by atoms with E-state index in [-0.39, 0.29) is 5.91 Å². The molecule has 1 amide bonds. The molecule has 2 aromatic carbocycles. The zero-order valence-electron chi connectivity index (χ0n) is 12.6. The number of hydrogen-bond acceptors (Lipinski definition) is 2. The van der Waals surface area contributed by atoms with Gasteiger partial charge in [-0.2, -0.15) is 5.10 Å². The van der Waals surface area contributed by atoms with E-state index in [4.69, 9.17) is 0 Å². The molecule has 3 rings (SSSR count). The molecule has 3 aromatic rings. The Morgan fingerprint density at radius 2 is 1.95 bits per heavy atom. The second-order valence-electron chi connectivity index (χ2n) is 5.34. The molecule has 1 N–H and O–H groups in total. The van der Waals surface area contributed by atoms with Crippen molar-refractivity contribution in [3.05, 3.63) is 60.3 Å². The normalized spacial score (nSPS) is 10.8. The number of nitrogens with one attached hydrogen (secondary N) is 1. The molecular formula is C18H19N3O. The summed E-state index contributed by atoms with van der Waals surface area (Å²) in [7, 11) is 0. The monoisotopic (exact) mass is 293 g/mol. The van der Waals surface area contributed by atoms with E-state index in [1.165, 1.54) is 16.3 Å². The van der Waals surface area contributed by atoms with Crippen LogP contribution in [0.4, 0.5) is 5.82 Å². The number of nitrogens with zero attached hydrogens (tertiary/aromatic N) is 2. The molecule has 4 nitrogen and oxygen atoms in total. The number of anilines is 1. The Kier molecular flexibility index (Phi) is 4.19. The molecule has 0 radical (unpaired) electrons. The zero-order chi connectivity index (χ0) is 15.4. The van der Waals surface area contributed by atoms with Crippen LogP contribution in [0.2, 0.25) is 0 Å². The first kappa shape index (κ1) is 14.3. The molecule has 0 saturated heterocycles. The Morgan fingerprint density at radius 1 is 1.14 bits per heavy atom. The van der Waals surface area contributed by atoms with Crippen molar-refractivity contribution in [3.8, 4) is 0 Å². The number of fused-ring (bicyclic) bond motifs is 1. The first-order valence-electron chi connectivity index (χ1n) is 7.56. The molecular weight excluding hydrogens is 274 g/mol. The third-order valence-electron chi connectivity index (χ3n) is 3.60. The molecule has 4 heteroatoms. The highest BCUT2D eigenvalue weighted by Gasteiger charge is 2.06. The Bertz CT molecular complexity index is 786. The number of carbonyl (C=O) groups excluding carboxylic acids is 1. The van der Waals surface area contributed by atoms with Gasteiger partial charge in [0.15, 0.2) is 5.82 Å². The number of aromatic nitrogens is 2. The van der Waals surface area contributed by atoms with Crippen LogP contribution < -0.4 is 5.32 Å². The summed E-state index contributed by atoms with van der Waals surface area (Å²) in [6.07, 6.45) is 3.25. The lowest BCUT2D eigenvalue weighted by Crippen LogP contribution is -2.11. The smallest absolute Gasteiger partial charge is 0.225 e. The van der Waals surface area contributed by atoms with Crippen molar-refractivity contribution >= 4 is 22.5 Å². The Balaban J connectivity index is 1.78. The summed E-state index contributed by atoms with van der Waals surface area (Å²) in [5.41, 5.74) is 1.22. The number of hydrogen-bond donors (Lipinski definition) is 1. The fourth-order valence-corrected chi connectivity index (χ4v) is 2.55. The summed E-state index contributed by atoms with van der Waals surface area (Å²) >= 11 is 0. The molecule has 0 spiro atoms. The SMILES string of the molecule is CCCC(=O)Nc1ccn(Cc2cccc3ccccc23)n1. The van der Waals surface area contributed by atoms with Gasteiger partial charge in [0.2, 0.25) is 5.91 Å². The van der Waals surface area contributed by atoms with Crippen LogP contribution in [0.15, 0.2) is 54.7 Å². The van der Waals surface area contributed by atoms with E-state index in [0.29, 0.717) is 18.8 Å². The van der Waals surface area contributed by atoms with Crippen molar-refractivity contribution in [2.45, 2.75) is 26.3 Å². The molecule has 0 saturated carbocycles. The molecule has 1 aromatic heterocycles. The third-order valence-corrected chi connectivity index (χ3v) is 3.60. The van der Waals surface area contributed by atoms with Gasteiger partial charge in [-0.25, -0.2) is 0 Å². The van der Waals surface area contributed by atoms with Gasteiger partial charge in [0, 0.05) is 18.7 Å². The summed E-state index contributed by atoms with van der Waals surface area (Å²) in [4.78, 5) is 11.6. The maximum absolute atomic E-state index is 11.6. The van der Waals surface area contributed by atoms with Crippen molar-refractivity contribution in [1.29, 1.82) is 0 Å². The molecule has 0 atom stereocenters. The highest BCUT2D eigenvalue weighted by molar-refractivity contribution is 5.89. The van der Waals surface area contributed by atoms with Crippen LogP contribution in [0, 0.1) is 0 Å². The molecule has 22 heavy (non-hydrogen) atoms. The van der Waals surface area contributed by atoms with Gasteiger partial charge in [-0.1, -0.05) is 49.4 Å². The van der Waals surface area contributed by atoms with E-state index in [2.05, 4.69) is 40.7 Å². The van der Waals surface area contributed by atoms with Gasteiger partial charge in [-0.05, 0) is 22.8 Å². The van der Waals surface area contributed by atoms with Gasteiger partial charge in [-0.3, -0.25) is 9.48 Å². The van der Waals surface area contributed by atoms with Gasteiger partial charge in [-0.15, -0.1) is 0 Å². The molecule has 0 aliphatic heterocycles. The lowest BCUT2D eigenvalue weighted by molar-refractivity contribution is -0.116. The topological polar surface area (TPSA) is 46.9 Å². The Labute approximate surface area is 129 Å². The zero-order valence-corrected chi connectivity index (χ0v) is 12.6. The summed E-state index contributed by atoms with van der Waals surface area (Å²) in [6, 6.07) is 16.4. The minimum absolute atomic E-state index is 0.0120. The Hall–Kier alpha value is -2.62. The molecule has 1 heterocycles. The number of amides is 1. The second kappa shape index (κ2) is 6.43. The fraction of sp³-hybridized carbons (Fsp3) is 0.222. The van der Waals surface area contributed by atoms with Crippen molar-refractivity contribution in [1.82, 2.24) is 9.78 Å². The van der Waals surface area contributed by atoms with Gasteiger partial charge in [0.25, 0.3) is 0 Å². The van der Waals surface area contributed by atoms with Crippen molar-refractivity contribution in [3.63, 3.8) is 0 Å². The van der Waals surface area contributed by atoms with E-state index in [1.54, 1.807) is 0 Å². The van der Waals surface area contributed by atoms with Gasteiger partial charge in [0.05, 0.1) is 6.54 Å². The van der Waals surface area contributed by atoms with Crippen molar-refractivity contribution in [2.24, 2.45) is 0 Å². The van der Waals surface area contributed by atoms with E-state index < -0.39 is 0 Å². The van der Waals surface area contributed by atoms with Crippen LogP contribution in [0.25, 0.3) is 10.8 Å². The van der Waals surface area contributed by atoms with E-state index >= 15 is 0 Å². The van der Waals surface area contributed by atoms with Crippen molar-refractivity contribution in [2.75, 3.05) is 5.32 Å². The molecule has 0 bridgehead atoms. The van der Waals surface area contributed by atoms with Crippen LogP contribution in [0.3, 0.4) is 0 Å². The number of rotatable bonds is 5. The largest absolute Gasteiger partial charge is 0.309 e. The van der Waals surface area contributed by atoms with Crippen LogP contribution in [0.5, 0.6) is 0 Å².